The van der Waals surface area contributed by atoms with E-state index in [1.54, 1.807) is 24.3 Å². The van der Waals surface area contributed by atoms with Crippen LogP contribution in [0, 0.1) is 0 Å². The number of benzene rings is 1. The van der Waals surface area contributed by atoms with Crippen LogP contribution in [0.3, 0.4) is 0 Å². The third kappa shape index (κ3) is 2.49. The molecule has 0 amide bonds. The Kier molecular flexibility index (Phi) is 3.89. The van der Waals surface area contributed by atoms with Crippen LogP contribution in [0.15, 0.2) is 24.3 Å². The molecule has 0 heterocycles. The van der Waals surface area contributed by atoms with Crippen molar-refractivity contribution in [1.82, 2.24) is 0 Å². The predicted molar refractivity (Wildman–Crippen MR) is 67.7 cm³/mol. The molecule has 2 atom stereocenters. The van der Waals surface area contributed by atoms with Crippen LogP contribution in [0.1, 0.15) is 36.5 Å². The molecule has 0 bridgehead atoms. The first-order chi connectivity index (χ1) is 9.03. The average Bonchev–Trinajstić information content (AvgIpc) is 3.19. The number of aliphatic hydroxyl groups excluding tert-OH is 3. The highest BCUT2D eigenvalue weighted by atomic mass is 16.4. The zero-order valence-corrected chi connectivity index (χ0v) is 10.5. The lowest BCUT2D eigenvalue weighted by Gasteiger charge is -2.23. The highest BCUT2D eigenvalue weighted by Gasteiger charge is 2.53. The van der Waals surface area contributed by atoms with Gasteiger partial charge in [0.2, 0.25) is 0 Å². The van der Waals surface area contributed by atoms with Crippen LogP contribution < -0.4 is 0 Å². The second kappa shape index (κ2) is 5.28. The minimum Gasteiger partial charge on any atom is -0.481 e. The van der Waals surface area contributed by atoms with Gasteiger partial charge in [0.25, 0.3) is 0 Å². The van der Waals surface area contributed by atoms with Gasteiger partial charge >= 0.3 is 5.97 Å². The predicted octanol–water partition coefficient (Wildman–Crippen LogP) is 0.580. The Morgan fingerprint density at radius 3 is 2.42 bits per heavy atom. The van der Waals surface area contributed by atoms with Crippen molar-refractivity contribution in [2.24, 2.45) is 0 Å². The Morgan fingerprint density at radius 2 is 1.89 bits per heavy atom. The summed E-state index contributed by atoms with van der Waals surface area (Å²) in [5.74, 6) is -0.899. The minimum absolute atomic E-state index is 0.0512. The lowest BCUT2D eigenvalue weighted by Crippen LogP contribution is -2.26. The van der Waals surface area contributed by atoms with E-state index < -0.39 is 23.6 Å². The molecule has 1 saturated carbocycles. The molecule has 1 aromatic rings. The van der Waals surface area contributed by atoms with Gasteiger partial charge in [-0.15, -0.1) is 0 Å². The van der Waals surface area contributed by atoms with Gasteiger partial charge in [0.05, 0.1) is 11.5 Å². The van der Waals surface area contributed by atoms with Gasteiger partial charge in [0.15, 0.2) is 0 Å². The number of carboxylic acids is 1. The van der Waals surface area contributed by atoms with Crippen molar-refractivity contribution in [3.8, 4) is 0 Å². The van der Waals surface area contributed by atoms with Crippen molar-refractivity contribution < 1.29 is 25.2 Å². The summed E-state index contributed by atoms with van der Waals surface area (Å²) in [6.45, 7) is -0.232. The number of carboxylic acid groups (broad SMARTS) is 1. The number of hydrogen-bond acceptors (Lipinski definition) is 4. The Balaban J connectivity index is 2.34. The normalized spacial score (nSPS) is 19.7. The molecule has 2 rings (SSSR count). The lowest BCUT2D eigenvalue weighted by molar-refractivity contribution is -0.140. The Hall–Kier alpha value is -1.43. The summed E-state index contributed by atoms with van der Waals surface area (Å²) in [6, 6.07) is 6.74. The summed E-state index contributed by atoms with van der Waals surface area (Å²) in [4.78, 5) is 11.4. The summed E-state index contributed by atoms with van der Waals surface area (Å²) in [7, 11) is 0. The van der Waals surface area contributed by atoms with Gasteiger partial charge in [0.1, 0.15) is 6.10 Å². The van der Waals surface area contributed by atoms with Crippen LogP contribution >= 0.6 is 0 Å². The molecule has 0 aromatic heterocycles. The fourth-order valence-corrected chi connectivity index (χ4v) is 2.41. The van der Waals surface area contributed by atoms with Crippen molar-refractivity contribution in [1.29, 1.82) is 0 Å². The van der Waals surface area contributed by atoms with Gasteiger partial charge < -0.3 is 20.4 Å². The molecule has 0 aliphatic heterocycles. The smallest absolute Gasteiger partial charge is 0.314 e. The van der Waals surface area contributed by atoms with Crippen molar-refractivity contribution in [2.45, 2.75) is 36.9 Å². The summed E-state index contributed by atoms with van der Waals surface area (Å²) in [5, 5.41) is 38.0. The fourth-order valence-electron chi connectivity index (χ4n) is 2.41. The fraction of sp³-hybridized carbons (Fsp3) is 0.500. The maximum Gasteiger partial charge on any atom is 0.314 e. The molecule has 0 saturated heterocycles. The molecule has 1 fully saturated rings. The van der Waals surface area contributed by atoms with Gasteiger partial charge in [-0.2, -0.15) is 0 Å². The molecule has 104 valence electrons. The molecule has 1 aromatic carbocycles. The van der Waals surface area contributed by atoms with Crippen LogP contribution in [-0.4, -0.2) is 39.1 Å². The molecular formula is C14H18O5. The average molecular weight is 266 g/mol. The van der Waals surface area contributed by atoms with E-state index in [1.165, 1.54) is 0 Å². The number of aliphatic hydroxyl groups is 3. The minimum atomic E-state index is -1.18. The van der Waals surface area contributed by atoms with Crippen LogP contribution in [-0.2, 0) is 10.2 Å². The molecule has 1 aliphatic rings. The maximum atomic E-state index is 11.4. The zero-order chi connectivity index (χ0) is 14.0. The van der Waals surface area contributed by atoms with Gasteiger partial charge in [-0.25, -0.2) is 0 Å². The Bertz CT molecular complexity index is 467. The largest absolute Gasteiger partial charge is 0.481 e. The van der Waals surface area contributed by atoms with E-state index in [0.29, 0.717) is 24.0 Å². The SMILES string of the molecule is O=C(O)C1(c2ccccc2C(O)C(O)CCO)CC1. The van der Waals surface area contributed by atoms with Crippen molar-refractivity contribution in [3.05, 3.63) is 35.4 Å². The Morgan fingerprint density at radius 1 is 1.26 bits per heavy atom. The Labute approximate surface area is 111 Å². The number of rotatable bonds is 6. The summed E-state index contributed by atoms with van der Waals surface area (Å²) in [6.07, 6.45) is -1.14. The maximum absolute atomic E-state index is 11.4. The van der Waals surface area contributed by atoms with E-state index in [4.69, 9.17) is 5.11 Å². The number of carbonyl (C=O) groups is 1. The van der Waals surface area contributed by atoms with Gasteiger partial charge in [-0.3, -0.25) is 4.79 Å². The molecule has 5 heteroatoms. The topological polar surface area (TPSA) is 98.0 Å². The third-order valence-electron chi connectivity index (χ3n) is 3.74. The summed E-state index contributed by atoms with van der Waals surface area (Å²) < 4.78 is 0. The van der Waals surface area contributed by atoms with E-state index in [-0.39, 0.29) is 13.0 Å². The van der Waals surface area contributed by atoms with Crippen LogP contribution in [0.2, 0.25) is 0 Å². The molecule has 2 unspecified atom stereocenters. The summed E-state index contributed by atoms with van der Waals surface area (Å²) >= 11 is 0. The molecule has 5 nitrogen and oxygen atoms in total. The summed E-state index contributed by atoms with van der Waals surface area (Å²) in [5.41, 5.74) is 0.0756. The molecular weight excluding hydrogens is 248 g/mol. The van der Waals surface area contributed by atoms with Crippen molar-refractivity contribution >= 4 is 5.97 Å². The number of hydrogen-bond donors (Lipinski definition) is 4. The molecule has 4 N–H and O–H groups in total. The monoisotopic (exact) mass is 266 g/mol. The molecule has 0 spiro atoms. The first-order valence-corrected chi connectivity index (χ1v) is 6.33. The quantitative estimate of drug-likeness (QED) is 0.604. The zero-order valence-electron chi connectivity index (χ0n) is 10.5. The van der Waals surface area contributed by atoms with E-state index in [0.717, 1.165) is 0 Å². The first kappa shape index (κ1) is 14.0. The lowest BCUT2D eigenvalue weighted by atomic mass is 9.87. The molecule has 0 radical (unpaired) electrons. The molecule has 19 heavy (non-hydrogen) atoms. The molecule has 1 aliphatic carbocycles. The van der Waals surface area contributed by atoms with E-state index in [2.05, 4.69) is 0 Å². The first-order valence-electron chi connectivity index (χ1n) is 6.33. The van der Waals surface area contributed by atoms with Gasteiger partial charge in [-0.05, 0) is 30.4 Å². The van der Waals surface area contributed by atoms with E-state index in [9.17, 15) is 20.1 Å². The van der Waals surface area contributed by atoms with Crippen molar-refractivity contribution in [3.63, 3.8) is 0 Å². The van der Waals surface area contributed by atoms with Crippen molar-refractivity contribution in [2.75, 3.05) is 6.61 Å². The highest BCUT2D eigenvalue weighted by molar-refractivity contribution is 5.85. The van der Waals surface area contributed by atoms with E-state index in [1.807, 2.05) is 0 Å². The standard InChI is InChI=1S/C14H18O5/c15-8-5-11(16)12(17)9-3-1-2-4-10(9)14(6-7-14)13(18)19/h1-4,11-12,15-17H,5-8H2,(H,18,19). The number of aliphatic carboxylic acids is 1. The second-order valence-corrected chi connectivity index (χ2v) is 5.00. The third-order valence-corrected chi connectivity index (χ3v) is 3.74. The van der Waals surface area contributed by atoms with Gasteiger partial charge in [-0.1, -0.05) is 24.3 Å². The van der Waals surface area contributed by atoms with Crippen LogP contribution in [0.25, 0.3) is 0 Å². The highest BCUT2D eigenvalue weighted by Crippen LogP contribution is 2.50. The van der Waals surface area contributed by atoms with Crippen LogP contribution in [0.4, 0.5) is 0 Å². The van der Waals surface area contributed by atoms with Crippen LogP contribution in [0.5, 0.6) is 0 Å². The second-order valence-electron chi connectivity index (χ2n) is 5.00. The van der Waals surface area contributed by atoms with Gasteiger partial charge in [0, 0.05) is 6.61 Å². The van der Waals surface area contributed by atoms with E-state index >= 15 is 0 Å².